The minimum absolute atomic E-state index is 0.136. The summed E-state index contributed by atoms with van der Waals surface area (Å²) < 4.78 is 4.89. The maximum atomic E-state index is 4.89. The van der Waals surface area contributed by atoms with Crippen LogP contribution in [0.2, 0.25) is 0 Å². The first-order chi connectivity index (χ1) is 7.55. The van der Waals surface area contributed by atoms with Gasteiger partial charge in [0, 0.05) is 18.2 Å². The molecule has 0 bridgehead atoms. The molecule has 0 spiro atoms. The highest BCUT2D eigenvalue weighted by Crippen LogP contribution is 2.21. The lowest BCUT2D eigenvalue weighted by Gasteiger charge is -2.32. The summed E-state index contributed by atoms with van der Waals surface area (Å²) in [5.74, 6) is 2.32. The molecule has 1 fully saturated rings. The average molecular weight is 240 g/mol. The first-order valence-corrected chi connectivity index (χ1v) is 6.28. The largest absolute Gasteiger partial charge is 0.360 e. The number of amidine groups is 1. The van der Waals surface area contributed by atoms with Gasteiger partial charge in [0.1, 0.15) is 6.54 Å². The fourth-order valence-corrected chi connectivity index (χ4v) is 2.73. The molecule has 0 aromatic carbocycles. The smallest absolute Gasteiger partial charge is 0.223 e. The zero-order chi connectivity index (χ0) is 11.6. The lowest BCUT2D eigenvalue weighted by atomic mass is 10.0. The number of nitrogens with one attached hydrogen (secondary N) is 1. The van der Waals surface area contributed by atoms with Gasteiger partial charge in [-0.25, -0.2) is 0 Å². The van der Waals surface area contributed by atoms with Crippen molar-refractivity contribution in [1.82, 2.24) is 15.5 Å². The molecule has 2 heterocycles. The highest BCUT2D eigenvalue weighted by molar-refractivity contribution is 8.13. The number of thioether (sulfide) groups is 1. The van der Waals surface area contributed by atoms with Gasteiger partial charge in [-0.3, -0.25) is 4.99 Å². The molecule has 1 aromatic heterocycles. The van der Waals surface area contributed by atoms with Crippen LogP contribution in [0.3, 0.4) is 0 Å². The van der Waals surface area contributed by atoms with Gasteiger partial charge in [0.2, 0.25) is 5.89 Å². The van der Waals surface area contributed by atoms with Crippen LogP contribution in [0, 0.1) is 6.92 Å². The molecule has 1 aliphatic rings. The molecule has 5 nitrogen and oxygen atoms in total. The summed E-state index contributed by atoms with van der Waals surface area (Å²) in [6, 6.07) is 0. The summed E-state index contributed by atoms with van der Waals surface area (Å²) in [6.07, 6.45) is 1.15. The van der Waals surface area contributed by atoms with Gasteiger partial charge >= 0.3 is 0 Å². The lowest BCUT2D eigenvalue weighted by molar-refractivity contribution is 0.387. The average Bonchev–Trinajstić information content (AvgIpc) is 2.60. The summed E-state index contributed by atoms with van der Waals surface area (Å²) in [4.78, 5) is 8.56. The van der Waals surface area contributed by atoms with Crippen molar-refractivity contribution in [1.29, 1.82) is 0 Å². The zero-order valence-corrected chi connectivity index (χ0v) is 10.6. The van der Waals surface area contributed by atoms with E-state index in [2.05, 4.69) is 34.3 Å². The molecular weight excluding hydrogens is 224 g/mol. The van der Waals surface area contributed by atoms with Gasteiger partial charge in [0.05, 0.1) is 0 Å². The Kier molecular flexibility index (Phi) is 3.18. The van der Waals surface area contributed by atoms with E-state index in [0.29, 0.717) is 18.3 Å². The Morgan fingerprint density at radius 2 is 2.38 bits per heavy atom. The van der Waals surface area contributed by atoms with E-state index < -0.39 is 0 Å². The molecule has 88 valence electrons. The lowest BCUT2D eigenvalue weighted by Crippen LogP contribution is -2.46. The second-order valence-corrected chi connectivity index (χ2v) is 5.54. The second-order valence-electron chi connectivity index (χ2n) is 4.46. The van der Waals surface area contributed by atoms with E-state index in [1.54, 1.807) is 18.7 Å². The van der Waals surface area contributed by atoms with E-state index in [9.17, 15) is 0 Å². The Morgan fingerprint density at radius 1 is 1.56 bits per heavy atom. The van der Waals surface area contributed by atoms with Crippen molar-refractivity contribution in [2.75, 3.05) is 5.75 Å². The van der Waals surface area contributed by atoms with Crippen molar-refractivity contribution in [2.24, 2.45) is 4.99 Å². The Bertz CT molecular complexity index is 399. The van der Waals surface area contributed by atoms with Crippen molar-refractivity contribution < 1.29 is 4.52 Å². The Balaban J connectivity index is 1.97. The second kappa shape index (κ2) is 4.45. The molecule has 0 aliphatic carbocycles. The number of aromatic nitrogens is 2. The van der Waals surface area contributed by atoms with Gasteiger partial charge < -0.3 is 9.84 Å². The van der Waals surface area contributed by atoms with Crippen molar-refractivity contribution in [2.45, 2.75) is 39.3 Å². The molecule has 1 saturated heterocycles. The summed E-state index contributed by atoms with van der Waals surface area (Å²) in [5, 5.41) is 8.17. The maximum absolute atomic E-state index is 4.89. The summed E-state index contributed by atoms with van der Waals surface area (Å²) in [5.41, 5.74) is 0.136. The van der Waals surface area contributed by atoms with E-state index in [0.717, 1.165) is 17.3 Å². The number of rotatable bonds is 2. The Morgan fingerprint density at radius 3 is 3.00 bits per heavy atom. The van der Waals surface area contributed by atoms with Crippen molar-refractivity contribution >= 4 is 16.9 Å². The molecule has 0 atom stereocenters. The van der Waals surface area contributed by atoms with Crippen LogP contribution in [0.1, 0.15) is 32.0 Å². The van der Waals surface area contributed by atoms with Crippen molar-refractivity contribution in [3.05, 3.63) is 11.7 Å². The molecule has 0 saturated carbocycles. The Hall–Kier alpha value is -1.04. The fourth-order valence-electron chi connectivity index (χ4n) is 1.42. The molecule has 1 N–H and O–H groups in total. The molecule has 6 heteroatoms. The zero-order valence-electron chi connectivity index (χ0n) is 9.78. The molecule has 2 rings (SSSR count). The minimum atomic E-state index is 0.136. The molecule has 0 amide bonds. The van der Waals surface area contributed by atoms with Crippen LogP contribution in [0.4, 0.5) is 0 Å². The maximum Gasteiger partial charge on any atom is 0.223 e. The van der Waals surface area contributed by atoms with E-state index in [-0.39, 0.29) is 5.54 Å². The number of hydrogen-bond acceptors (Lipinski definition) is 5. The predicted molar refractivity (Wildman–Crippen MR) is 64.5 cm³/mol. The van der Waals surface area contributed by atoms with Crippen LogP contribution in [-0.4, -0.2) is 26.6 Å². The third-order valence-corrected chi connectivity index (χ3v) is 3.26. The van der Waals surface area contributed by atoms with Gasteiger partial charge in [0.15, 0.2) is 11.0 Å². The van der Waals surface area contributed by atoms with Crippen LogP contribution in [0.25, 0.3) is 0 Å². The number of hydrogen-bond donors (Lipinski definition) is 1. The summed E-state index contributed by atoms with van der Waals surface area (Å²) in [7, 11) is 0. The minimum Gasteiger partial charge on any atom is -0.360 e. The number of aliphatic imine (C=N–C) groups is 1. The monoisotopic (exact) mass is 240 g/mol. The molecule has 1 aromatic rings. The van der Waals surface area contributed by atoms with Gasteiger partial charge in [-0.1, -0.05) is 16.9 Å². The van der Waals surface area contributed by atoms with E-state index >= 15 is 0 Å². The SMILES string of the molecule is Cc1nc(CN=C2NC(C)(C)CCS2)no1. The first kappa shape index (κ1) is 11.4. The van der Waals surface area contributed by atoms with Crippen LogP contribution in [-0.2, 0) is 6.54 Å². The third-order valence-electron chi connectivity index (χ3n) is 2.34. The normalized spacial score (nSPS) is 22.1. The standard InChI is InChI=1S/C10H16N4OS/c1-7-12-8(14-15-7)6-11-9-13-10(2,3)4-5-16-9/h4-6H2,1-3H3,(H,11,13). The third kappa shape index (κ3) is 2.98. The van der Waals surface area contributed by atoms with Gasteiger partial charge in [-0.2, -0.15) is 4.98 Å². The van der Waals surface area contributed by atoms with E-state index in [1.807, 2.05) is 0 Å². The van der Waals surface area contributed by atoms with Crippen LogP contribution in [0.15, 0.2) is 9.52 Å². The van der Waals surface area contributed by atoms with Crippen LogP contribution in [0.5, 0.6) is 0 Å². The number of aryl methyl sites for hydroxylation is 1. The molecule has 0 unspecified atom stereocenters. The summed E-state index contributed by atoms with van der Waals surface area (Å²) >= 11 is 1.74. The number of nitrogens with zero attached hydrogens (tertiary/aromatic N) is 3. The molecule has 1 aliphatic heterocycles. The highest BCUT2D eigenvalue weighted by Gasteiger charge is 2.24. The van der Waals surface area contributed by atoms with Crippen LogP contribution >= 0.6 is 11.8 Å². The van der Waals surface area contributed by atoms with E-state index in [4.69, 9.17) is 4.52 Å². The predicted octanol–water partition coefficient (Wildman–Crippen LogP) is 1.74. The summed E-state index contributed by atoms with van der Waals surface area (Å²) in [6.45, 7) is 6.62. The fraction of sp³-hybridized carbons (Fsp3) is 0.700. The van der Waals surface area contributed by atoms with Gasteiger partial charge in [-0.05, 0) is 20.3 Å². The van der Waals surface area contributed by atoms with Gasteiger partial charge in [-0.15, -0.1) is 0 Å². The molecule has 16 heavy (non-hydrogen) atoms. The Labute approximate surface area is 99.1 Å². The molecule has 0 radical (unpaired) electrons. The van der Waals surface area contributed by atoms with E-state index in [1.165, 1.54) is 0 Å². The highest BCUT2D eigenvalue weighted by atomic mass is 32.2. The first-order valence-electron chi connectivity index (χ1n) is 5.30. The van der Waals surface area contributed by atoms with Gasteiger partial charge in [0.25, 0.3) is 0 Å². The van der Waals surface area contributed by atoms with Crippen LogP contribution < -0.4 is 5.32 Å². The van der Waals surface area contributed by atoms with Crippen molar-refractivity contribution in [3.8, 4) is 0 Å². The quantitative estimate of drug-likeness (QED) is 0.853. The van der Waals surface area contributed by atoms with Crippen molar-refractivity contribution in [3.63, 3.8) is 0 Å². The molecular formula is C10H16N4OS. The topological polar surface area (TPSA) is 63.3 Å².